The average Bonchev–Trinajstić information content (AvgIpc) is 2.46. The molecule has 2 unspecified atom stereocenters. The first-order chi connectivity index (χ1) is 9.24. The van der Waals surface area contributed by atoms with Crippen LogP contribution in [0.15, 0.2) is 30.3 Å². The minimum Gasteiger partial charge on any atom is -0.339 e. The maximum atomic E-state index is 12.5. The van der Waals surface area contributed by atoms with Crippen molar-refractivity contribution in [3.05, 3.63) is 35.9 Å². The number of amides is 1. The number of likely N-dealkylation sites (tertiary alicyclic amines) is 1. The Labute approximate surface area is 114 Å². The number of piperidine rings is 2. The van der Waals surface area contributed by atoms with Crippen LogP contribution in [0.3, 0.4) is 0 Å². The van der Waals surface area contributed by atoms with Crippen LogP contribution in [0.4, 0.5) is 0 Å². The summed E-state index contributed by atoms with van der Waals surface area (Å²) < 4.78 is 0. The Kier molecular flexibility index (Phi) is 3.53. The van der Waals surface area contributed by atoms with Gasteiger partial charge in [-0.15, -0.1) is 0 Å². The van der Waals surface area contributed by atoms with E-state index in [1.165, 1.54) is 12.8 Å². The highest BCUT2D eigenvalue weighted by Crippen LogP contribution is 2.25. The third kappa shape index (κ3) is 2.65. The minimum atomic E-state index is -0.528. The number of nitrogens with one attached hydrogen (secondary N) is 1. The molecule has 4 heteroatoms. The highest BCUT2D eigenvalue weighted by Gasteiger charge is 2.34. The van der Waals surface area contributed by atoms with E-state index in [1.807, 2.05) is 35.2 Å². The highest BCUT2D eigenvalue weighted by molar-refractivity contribution is 5.83. The van der Waals surface area contributed by atoms with Crippen LogP contribution in [-0.2, 0) is 4.79 Å². The molecule has 4 nitrogen and oxygen atoms in total. The zero-order valence-electron chi connectivity index (χ0n) is 11.1. The largest absolute Gasteiger partial charge is 0.339 e. The predicted molar refractivity (Wildman–Crippen MR) is 74.5 cm³/mol. The average molecular weight is 259 g/mol. The van der Waals surface area contributed by atoms with Crippen LogP contribution < -0.4 is 11.1 Å². The van der Waals surface area contributed by atoms with E-state index in [9.17, 15) is 4.79 Å². The van der Waals surface area contributed by atoms with Gasteiger partial charge < -0.3 is 16.0 Å². The second-order valence-electron chi connectivity index (χ2n) is 5.67. The quantitative estimate of drug-likeness (QED) is 0.829. The van der Waals surface area contributed by atoms with Crippen molar-refractivity contribution in [2.75, 3.05) is 19.6 Å². The molecule has 3 atom stereocenters. The van der Waals surface area contributed by atoms with Crippen LogP contribution >= 0.6 is 0 Å². The van der Waals surface area contributed by atoms with Crippen molar-refractivity contribution in [3.8, 4) is 0 Å². The molecule has 1 amide bonds. The normalized spacial score (nSPS) is 27.9. The first kappa shape index (κ1) is 12.6. The monoisotopic (exact) mass is 259 g/mol. The molecule has 0 radical (unpaired) electrons. The Balaban J connectivity index is 1.70. The van der Waals surface area contributed by atoms with Crippen LogP contribution in [0, 0.1) is 5.92 Å². The lowest BCUT2D eigenvalue weighted by Gasteiger charge is -2.42. The van der Waals surface area contributed by atoms with Gasteiger partial charge in [0, 0.05) is 19.1 Å². The second kappa shape index (κ2) is 5.31. The molecule has 1 aromatic rings. The molecule has 0 aliphatic carbocycles. The van der Waals surface area contributed by atoms with Crippen LogP contribution in [0.5, 0.6) is 0 Å². The molecule has 2 aliphatic heterocycles. The molecule has 0 saturated carbocycles. The summed E-state index contributed by atoms with van der Waals surface area (Å²) in [6, 6.07) is 9.57. The Morgan fingerprint density at radius 3 is 2.84 bits per heavy atom. The first-order valence-corrected chi connectivity index (χ1v) is 7.07. The number of rotatable bonds is 2. The van der Waals surface area contributed by atoms with Crippen molar-refractivity contribution >= 4 is 5.91 Å². The molecule has 2 heterocycles. The van der Waals surface area contributed by atoms with Crippen LogP contribution in [0.1, 0.15) is 24.4 Å². The number of fused-ring (bicyclic) bond motifs is 2. The van der Waals surface area contributed by atoms with Crippen molar-refractivity contribution in [2.24, 2.45) is 11.7 Å². The summed E-state index contributed by atoms with van der Waals surface area (Å²) in [5, 5.41) is 3.48. The number of carbonyl (C=O) groups excluding carboxylic acids is 1. The predicted octanol–water partition coefficient (Wildman–Crippen LogP) is 0.897. The summed E-state index contributed by atoms with van der Waals surface area (Å²) in [5.74, 6) is 0.705. The third-order valence-corrected chi connectivity index (χ3v) is 4.26. The fourth-order valence-corrected chi connectivity index (χ4v) is 3.23. The summed E-state index contributed by atoms with van der Waals surface area (Å²) in [4.78, 5) is 14.4. The zero-order valence-corrected chi connectivity index (χ0v) is 11.1. The van der Waals surface area contributed by atoms with Gasteiger partial charge in [-0.1, -0.05) is 30.3 Å². The molecule has 3 N–H and O–H groups in total. The van der Waals surface area contributed by atoms with Gasteiger partial charge in [0.1, 0.15) is 6.04 Å². The van der Waals surface area contributed by atoms with E-state index >= 15 is 0 Å². The standard InChI is InChI=1S/C15H21N3O/c16-14(12-4-2-1-3-5-12)15(19)18-9-11-6-7-17-13(8-11)10-18/h1-5,11,13-14,17H,6-10,16H2/t11?,13?,14-/m0/s1. The Hall–Kier alpha value is -1.39. The zero-order chi connectivity index (χ0) is 13.2. The van der Waals surface area contributed by atoms with Crippen molar-refractivity contribution in [3.63, 3.8) is 0 Å². The van der Waals surface area contributed by atoms with Crippen LogP contribution in [0.2, 0.25) is 0 Å². The molecule has 0 spiro atoms. The van der Waals surface area contributed by atoms with E-state index < -0.39 is 6.04 Å². The van der Waals surface area contributed by atoms with Crippen molar-refractivity contribution in [1.29, 1.82) is 0 Å². The lowest BCUT2D eigenvalue weighted by atomic mass is 9.87. The minimum absolute atomic E-state index is 0.0598. The molecule has 2 fully saturated rings. The number of carbonyl (C=O) groups is 1. The fourth-order valence-electron chi connectivity index (χ4n) is 3.23. The van der Waals surface area contributed by atoms with Gasteiger partial charge in [0.2, 0.25) is 5.91 Å². The SMILES string of the molecule is N[C@H](C(=O)N1CC2CCNC(C2)C1)c1ccccc1. The lowest BCUT2D eigenvalue weighted by molar-refractivity contribution is -0.135. The van der Waals surface area contributed by atoms with Gasteiger partial charge in [-0.2, -0.15) is 0 Å². The molecular weight excluding hydrogens is 238 g/mol. The summed E-state index contributed by atoms with van der Waals surface area (Å²) >= 11 is 0. The molecule has 3 rings (SSSR count). The van der Waals surface area contributed by atoms with E-state index in [2.05, 4.69) is 5.32 Å². The molecule has 0 aromatic heterocycles. The molecule has 2 saturated heterocycles. The van der Waals surface area contributed by atoms with Crippen LogP contribution in [0.25, 0.3) is 0 Å². The number of hydrogen-bond donors (Lipinski definition) is 2. The summed E-state index contributed by atoms with van der Waals surface area (Å²) in [5.41, 5.74) is 7.01. The van der Waals surface area contributed by atoms with E-state index in [1.54, 1.807) is 0 Å². The number of nitrogens with two attached hydrogens (primary N) is 1. The van der Waals surface area contributed by atoms with E-state index in [4.69, 9.17) is 5.73 Å². The first-order valence-electron chi connectivity index (χ1n) is 7.07. The van der Waals surface area contributed by atoms with Gasteiger partial charge in [0.25, 0.3) is 0 Å². The lowest BCUT2D eigenvalue weighted by Crippen LogP contribution is -2.56. The van der Waals surface area contributed by atoms with Gasteiger partial charge in [-0.25, -0.2) is 0 Å². The fraction of sp³-hybridized carbons (Fsp3) is 0.533. The Morgan fingerprint density at radius 2 is 2.11 bits per heavy atom. The van der Waals surface area contributed by atoms with Gasteiger partial charge in [-0.05, 0) is 30.9 Å². The van der Waals surface area contributed by atoms with Gasteiger partial charge in [0.05, 0.1) is 0 Å². The number of hydrogen-bond acceptors (Lipinski definition) is 3. The maximum absolute atomic E-state index is 12.5. The van der Waals surface area contributed by atoms with E-state index in [-0.39, 0.29) is 5.91 Å². The Morgan fingerprint density at radius 1 is 1.32 bits per heavy atom. The molecular formula is C15H21N3O. The maximum Gasteiger partial charge on any atom is 0.244 e. The highest BCUT2D eigenvalue weighted by atomic mass is 16.2. The number of nitrogens with zero attached hydrogens (tertiary/aromatic N) is 1. The second-order valence-corrected chi connectivity index (χ2v) is 5.67. The molecule has 2 bridgehead atoms. The van der Waals surface area contributed by atoms with E-state index in [0.717, 1.165) is 25.2 Å². The molecule has 19 heavy (non-hydrogen) atoms. The summed E-state index contributed by atoms with van der Waals surface area (Å²) in [7, 11) is 0. The van der Waals surface area contributed by atoms with Gasteiger partial charge in [0.15, 0.2) is 0 Å². The van der Waals surface area contributed by atoms with Crippen LogP contribution in [-0.4, -0.2) is 36.5 Å². The van der Waals surface area contributed by atoms with Crippen molar-refractivity contribution < 1.29 is 4.79 Å². The van der Waals surface area contributed by atoms with Gasteiger partial charge >= 0.3 is 0 Å². The molecule has 2 aliphatic rings. The number of benzene rings is 1. The molecule has 102 valence electrons. The van der Waals surface area contributed by atoms with Crippen molar-refractivity contribution in [1.82, 2.24) is 10.2 Å². The smallest absolute Gasteiger partial charge is 0.244 e. The van der Waals surface area contributed by atoms with Gasteiger partial charge in [-0.3, -0.25) is 4.79 Å². The Bertz CT molecular complexity index is 436. The molecule has 1 aromatic carbocycles. The van der Waals surface area contributed by atoms with E-state index in [0.29, 0.717) is 12.0 Å². The summed E-state index contributed by atoms with van der Waals surface area (Å²) in [6.45, 7) is 2.76. The third-order valence-electron chi connectivity index (χ3n) is 4.26. The topological polar surface area (TPSA) is 58.4 Å². The summed E-state index contributed by atoms with van der Waals surface area (Å²) in [6.07, 6.45) is 2.37. The van der Waals surface area contributed by atoms with Crippen molar-refractivity contribution in [2.45, 2.75) is 24.9 Å².